The second-order valence-corrected chi connectivity index (χ2v) is 16.4. The van der Waals surface area contributed by atoms with E-state index in [0.717, 1.165) is 10.8 Å². The summed E-state index contributed by atoms with van der Waals surface area (Å²) in [6, 6.07) is 16.6. The molecule has 25 nitrogen and oxygen atoms in total. The van der Waals surface area contributed by atoms with Gasteiger partial charge >= 0.3 is 11.9 Å². The number of carbonyl (C=O) groups is 3. The van der Waals surface area contributed by atoms with E-state index in [9.17, 15) is 50.1 Å². The van der Waals surface area contributed by atoms with Crippen molar-refractivity contribution in [2.45, 2.75) is 98.5 Å². The van der Waals surface area contributed by atoms with Gasteiger partial charge in [0.25, 0.3) is 0 Å². The van der Waals surface area contributed by atoms with Crippen molar-refractivity contribution in [3.8, 4) is 11.5 Å². The molecule has 3 saturated heterocycles. The van der Waals surface area contributed by atoms with E-state index >= 15 is 0 Å². The van der Waals surface area contributed by atoms with Crippen molar-refractivity contribution in [1.82, 2.24) is 5.32 Å². The average molecular weight is 994 g/mol. The molecule has 3 aromatic rings. The zero-order valence-electron chi connectivity index (χ0n) is 38.0. The number of amides is 1. The molecule has 0 aromatic heterocycles. The number of carboxylic acid groups (broad SMARTS) is 1. The van der Waals surface area contributed by atoms with Crippen molar-refractivity contribution in [3.63, 3.8) is 0 Å². The van der Waals surface area contributed by atoms with Crippen molar-refractivity contribution >= 4 is 34.5 Å². The van der Waals surface area contributed by atoms with E-state index in [1.54, 1.807) is 60.7 Å². The minimum absolute atomic E-state index is 0.0548. The van der Waals surface area contributed by atoms with Crippen LogP contribution >= 0.6 is 0 Å². The first kappa shape index (κ1) is 54.3. The number of nitrogen functional groups attached to an aromatic ring is 1. The molecular weight excluding hydrogens is 934 g/mol. The Morgan fingerprint density at radius 1 is 0.657 bits per heavy atom. The molecule has 0 aliphatic carbocycles. The lowest BCUT2D eigenvalue weighted by Gasteiger charge is -2.48. The summed E-state index contributed by atoms with van der Waals surface area (Å²) in [4.78, 5) is 36.8. The van der Waals surface area contributed by atoms with Crippen LogP contribution in [0, 0.1) is 5.41 Å². The first-order valence-electron chi connectivity index (χ1n) is 22.0. The van der Waals surface area contributed by atoms with E-state index in [-0.39, 0.29) is 24.6 Å². The number of aliphatic hydroxyl groups is 7. The summed E-state index contributed by atoms with van der Waals surface area (Å²) in [6.45, 7) is -2.76. The normalized spacial score (nSPS) is 31.2. The quantitative estimate of drug-likeness (QED) is 0.0149. The highest BCUT2D eigenvalue weighted by atomic mass is 16.8. The fourth-order valence-electron chi connectivity index (χ4n) is 7.87. The van der Waals surface area contributed by atoms with Gasteiger partial charge in [-0.15, -0.1) is 0 Å². The zero-order valence-corrected chi connectivity index (χ0v) is 38.0. The molecule has 1 amide bonds. The van der Waals surface area contributed by atoms with Gasteiger partial charge in [0, 0.05) is 26.3 Å². The third-order valence-electron chi connectivity index (χ3n) is 11.5. The number of hydrogen-bond donors (Lipinski definition) is 11. The molecule has 3 aromatic carbocycles. The SMILES string of the molecule is CO[C@@H]1O[C@@H](COCC(=O)O)[C@@H](O[C@@H]2OC(COCC(=O)NCCCOc3ccc(C(=O)Oc4ccc5cc(C(=N)N)ccc5c4)cc3)[C@@H](O[C@@H]3O[C@@H](CO)[C@@H](OC)C(O)C3O)[C@H](O)C2O)C(O)C1O. The number of fused-ring (bicyclic) bond motifs is 1. The number of nitrogens with two attached hydrogens (primary N) is 1. The number of aliphatic carboxylic acids is 1. The zero-order chi connectivity index (χ0) is 50.6. The Morgan fingerprint density at radius 2 is 1.19 bits per heavy atom. The minimum atomic E-state index is -2.01. The summed E-state index contributed by atoms with van der Waals surface area (Å²) in [5, 5.41) is 96.8. The Morgan fingerprint density at radius 3 is 1.77 bits per heavy atom. The van der Waals surface area contributed by atoms with Crippen molar-refractivity contribution in [1.29, 1.82) is 5.41 Å². The number of amidine groups is 1. The van der Waals surface area contributed by atoms with E-state index < -0.39 is 143 Å². The minimum Gasteiger partial charge on any atom is -0.494 e. The van der Waals surface area contributed by atoms with Gasteiger partial charge in [0.15, 0.2) is 18.9 Å². The van der Waals surface area contributed by atoms with Crippen molar-refractivity contribution in [2.75, 3.05) is 60.4 Å². The summed E-state index contributed by atoms with van der Waals surface area (Å²) < 4.78 is 61.3. The maximum Gasteiger partial charge on any atom is 0.343 e. The number of ether oxygens (including phenoxy) is 11. The van der Waals surface area contributed by atoms with Crippen LogP contribution in [0.25, 0.3) is 10.8 Å². The Hall–Kier alpha value is -5.04. The van der Waals surface area contributed by atoms with Crippen molar-refractivity contribution in [2.24, 2.45) is 5.73 Å². The maximum atomic E-state index is 12.8. The number of hydrogen-bond acceptors (Lipinski definition) is 22. The second-order valence-electron chi connectivity index (χ2n) is 16.4. The standard InChI is InChI=1S/C45H59N3O22/c1-60-38-27(16-49)66-44(36(57)32(38)53)69-40-29(68-45(37(58)34(40)55)70-39-28(18-63-20-31(51)52)67-43(61-2)35(56)33(39)54)17-62-19-30(50)48-12-3-13-64-25-9-6-21(7-10-25)42(59)65-26-11-8-22-14-24(41(46)47)5-4-23(22)15-26/h4-11,14-15,27-29,32-40,43-45,49,53-58H,3,12-13,16-20H2,1-2H3,(H3,46,47)(H,48,50)(H,51,52)/t27-,28-,29?,32?,33?,34+,35?,36?,37?,38+,39+,40+,43+,44-,45-/m0/s1. The molecule has 15 atom stereocenters. The van der Waals surface area contributed by atoms with Crippen LogP contribution in [0.3, 0.4) is 0 Å². The predicted molar refractivity (Wildman–Crippen MR) is 235 cm³/mol. The summed E-state index contributed by atoms with van der Waals surface area (Å²) in [6.07, 6.45) is -24.0. The predicted octanol–water partition coefficient (Wildman–Crippen LogP) is -2.89. The van der Waals surface area contributed by atoms with Gasteiger partial charge in [-0.1, -0.05) is 18.2 Å². The second kappa shape index (κ2) is 25.4. The monoisotopic (exact) mass is 993 g/mol. The van der Waals surface area contributed by atoms with Gasteiger partial charge in [-0.2, -0.15) is 0 Å². The smallest absolute Gasteiger partial charge is 0.343 e. The highest BCUT2D eigenvalue weighted by molar-refractivity contribution is 5.99. The van der Waals surface area contributed by atoms with Gasteiger partial charge < -0.3 is 104 Å². The summed E-state index contributed by atoms with van der Waals surface area (Å²) >= 11 is 0. The van der Waals surface area contributed by atoms with E-state index in [2.05, 4.69) is 5.32 Å². The Bertz CT molecular complexity index is 2200. The van der Waals surface area contributed by atoms with E-state index in [1.807, 2.05) is 0 Å². The summed E-state index contributed by atoms with van der Waals surface area (Å²) in [5.41, 5.74) is 6.43. The fourth-order valence-corrected chi connectivity index (χ4v) is 7.87. The molecule has 386 valence electrons. The van der Waals surface area contributed by atoms with Crippen LogP contribution in [0.4, 0.5) is 0 Å². The first-order valence-corrected chi connectivity index (χ1v) is 22.0. The third-order valence-corrected chi connectivity index (χ3v) is 11.5. The Kier molecular flexibility index (Phi) is 19.7. The van der Waals surface area contributed by atoms with Gasteiger partial charge in [-0.25, -0.2) is 9.59 Å². The molecule has 25 heteroatoms. The van der Waals surface area contributed by atoms with Crippen LogP contribution in [-0.4, -0.2) is 217 Å². The molecule has 0 bridgehead atoms. The largest absolute Gasteiger partial charge is 0.494 e. The molecule has 3 heterocycles. The van der Waals surface area contributed by atoms with Gasteiger partial charge in [-0.3, -0.25) is 10.2 Å². The molecule has 12 N–H and O–H groups in total. The van der Waals surface area contributed by atoms with Crippen LogP contribution < -0.4 is 20.5 Å². The fraction of sp³-hybridized carbons (Fsp3) is 0.556. The summed E-state index contributed by atoms with van der Waals surface area (Å²) in [7, 11) is 2.40. The number of aliphatic hydroxyl groups excluding tert-OH is 7. The first-order chi connectivity index (χ1) is 33.5. The molecule has 70 heavy (non-hydrogen) atoms. The summed E-state index contributed by atoms with van der Waals surface area (Å²) in [5.74, 6) is -1.77. The molecular formula is C45H59N3O22. The lowest BCUT2D eigenvalue weighted by molar-refractivity contribution is -0.379. The number of carboxylic acids is 1. The molecule has 3 fully saturated rings. The number of methoxy groups -OCH3 is 2. The maximum absolute atomic E-state index is 12.8. The van der Waals surface area contributed by atoms with E-state index in [1.165, 1.54) is 14.2 Å². The van der Waals surface area contributed by atoms with Gasteiger partial charge in [-0.05, 0) is 59.7 Å². The molecule has 6 unspecified atom stereocenters. The van der Waals surface area contributed by atoms with Crippen LogP contribution in [0.15, 0.2) is 60.7 Å². The van der Waals surface area contributed by atoms with Gasteiger partial charge in [0.1, 0.15) is 104 Å². The molecule has 6 rings (SSSR count). The molecule has 0 radical (unpaired) electrons. The van der Waals surface area contributed by atoms with Crippen molar-refractivity contribution in [3.05, 3.63) is 71.8 Å². The molecule has 0 saturated carbocycles. The van der Waals surface area contributed by atoms with Crippen LogP contribution in [0.5, 0.6) is 11.5 Å². The topological polar surface area (TPSA) is 376 Å². The molecule has 3 aliphatic rings. The molecule has 3 aliphatic heterocycles. The third kappa shape index (κ3) is 13.7. The van der Waals surface area contributed by atoms with E-state index in [0.29, 0.717) is 23.5 Å². The number of benzene rings is 3. The lowest BCUT2D eigenvalue weighted by atomic mass is 9.96. The van der Waals surface area contributed by atoms with E-state index in [4.69, 9.17) is 68.4 Å². The van der Waals surface area contributed by atoms with Gasteiger partial charge in [0.2, 0.25) is 5.91 Å². The van der Waals surface area contributed by atoms with Crippen molar-refractivity contribution < 1.29 is 107 Å². The number of rotatable bonds is 23. The lowest BCUT2D eigenvalue weighted by Crippen LogP contribution is -2.66. The van der Waals surface area contributed by atoms with Crippen LogP contribution in [0.1, 0.15) is 22.3 Å². The number of esters is 1. The van der Waals surface area contributed by atoms with Crippen LogP contribution in [-0.2, 0) is 52.2 Å². The number of nitrogens with one attached hydrogen (secondary N) is 2. The van der Waals surface area contributed by atoms with Crippen LogP contribution in [0.2, 0.25) is 0 Å². The number of carbonyl (C=O) groups excluding carboxylic acids is 2. The molecule has 0 spiro atoms. The van der Waals surface area contributed by atoms with Gasteiger partial charge in [0.05, 0.1) is 32.0 Å². The Balaban J connectivity index is 1.01. The Labute approximate surface area is 399 Å². The highest BCUT2D eigenvalue weighted by Crippen LogP contribution is 2.33. The highest BCUT2D eigenvalue weighted by Gasteiger charge is 2.54. The average Bonchev–Trinajstić information content (AvgIpc) is 3.34.